The van der Waals surface area contributed by atoms with Crippen LogP contribution in [0.1, 0.15) is 0 Å². The van der Waals surface area contributed by atoms with Gasteiger partial charge < -0.3 is 5.32 Å². The summed E-state index contributed by atoms with van der Waals surface area (Å²) in [5.41, 5.74) is 2.13. The molecule has 0 aliphatic carbocycles. The predicted octanol–water partition coefficient (Wildman–Crippen LogP) is 6.11. The predicted molar refractivity (Wildman–Crippen MR) is 123 cm³/mol. The van der Waals surface area contributed by atoms with Crippen LogP contribution in [0, 0.1) is 5.82 Å². The molecule has 0 saturated heterocycles. The van der Waals surface area contributed by atoms with Gasteiger partial charge in [0.25, 0.3) is 0 Å². The first-order valence-corrected chi connectivity index (χ1v) is 10.9. The summed E-state index contributed by atoms with van der Waals surface area (Å²) in [5.74, 6) is -0.0974. The summed E-state index contributed by atoms with van der Waals surface area (Å²) in [6, 6.07) is 21.0. The van der Waals surface area contributed by atoms with Crippen LogP contribution in [0.15, 0.2) is 78.0 Å². The number of halogens is 3. The molecule has 0 aliphatic rings. The van der Waals surface area contributed by atoms with Gasteiger partial charge in [-0.25, -0.2) is 4.39 Å². The number of nitrogens with zero attached hydrogens (tertiary/aromatic N) is 3. The molecule has 156 valence electrons. The van der Waals surface area contributed by atoms with Crippen molar-refractivity contribution in [1.29, 1.82) is 0 Å². The topological polar surface area (TPSA) is 59.8 Å². The van der Waals surface area contributed by atoms with Crippen LogP contribution in [0.25, 0.3) is 17.1 Å². The summed E-state index contributed by atoms with van der Waals surface area (Å²) in [5, 5.41) is 12.5. The summed E-state index contributed by atoms with van der Waals surface area (Å²) in [6.45, 7) is 0. The number of hydrogen-bond donors (Lipinski definition) is 1. The first-order chi connectivity index (χ1) is 15.0. The lowest BCUT2D eigenvalue weighted by Gasteiger charge is -2.10. The van der Waals surface area contributed by atoms with Gasteiger partial charge in [-0.3, -0.25) is 9.36 Å². The van der Waals surface area contributed by atoms with E-state index in [0.717, 1.165) is 11.3 Å². The van der Waals surface area contributed by atoms with Crippen molar-refractivity contribution in [3.8, 4) is 17.1 Å². The summed E-state index contributed by atoms with van der Waals surface area (Å²) in [6.07, 6.45) is 0. The number of benzene rings is 3. The Bertz CT molecular complexity index is 1220. The molecule has 0 atom stereocenters. The van der Waals surface area contributed by atoms with E-state index in [9.17, 15) is 9.18 Å². The zero-order chi connectivity index (χ0) is 21.8. The maximum absolute atomic E-state index is 13.3. The van der Waals surface area contributed by atoms with E-state index in [2.05, 4.69) is 15.5 Å². The van der Waals surface area contributed by atoms with Crippen LogP contribution in [-0.2, 0) is 4.79 Å². The zero-order valence-electron chi connectivity index (χ0n) is 15.9. The summed E-state index contributed by atoms with van der Waals surface area (Å²) < 4.78 is 15.2. The molecule has 0 radical (unpaired) electrons. The Labute approximate surface area is 192 Å². The lowest BCUT2D eigenvalue weighted by Crippen LogP contribution is -2.14. The molecule has 1 amide bonds. The number of para-hydroxylation sites is 1. The van der Waals surface area contributed by atoms with Crippen LogP contribution in [0.4, 0.5) is 10.1 Å². The van der Waals surface area contributed by atoms with Crippen LogP contribution in [0.3, 0.4) is 0 Å². The molecule has 0 bridgehead atoms. The summed E-state index contributed by atoms with van der Waals surface area (Å²) in [4.78, 5) is 12.4. The number of hydrogen-bond acceptors (Lipinski definition) is 4. The Morgan fingerprint density at radius 3 is 2.45 bits per heavy atom. The maximum Gasteiger partial charge on any atom is 0.234 e. The van der Waals surface area contributed by atoms with Gasteiger partial charge in [-0.2, -0.15) is 0 Å². The molecule has 4 rings (SSSR count). The normalized spacial score (nSPS) is 10.8. The molecule has 3 aromatic carbocycles. The van der Waals surface area contributed by atoms with Crippen molar-refractivity contribution in [2.75, 3.05) is 11.1 Å². The van der Waals surface area contributed by atoms with E-state index in [0.29, 0.717) is 21.7 Å². The Kier molecular flexibility index (Phi) is 6.56. The van der Waals surface area contributed by atoms with Crippen LogP contribution in [-0.4, -0.2) is 26.4 Å². The molecule has 1 heterocycles. The molecule has 0 fully saturated rings. The molecule has 0 unspecified atom stereocenters. The van der Waals surface area contributed by atoms with Crippen molar-refractivity contribution in [2.45, 2.75) is 5.16 Å². The third-order valence-electron chi connectivity index (χ3n) is 4.29. The number of aromatic nitrogens is 3. The molecular formula is C22H15Cl2FN4OS. The molecule has 4 aromatic rings. The van der Waals surface area contributed by atoms with Crippen LogP contribution in [0.2, 0.25) is 10.0 Å². The second kappa shape index (κ2) is 9.51. The molecule has 1 aromatic heterocycles. The molecule has 9 heteroatoms. The number of carbonyl (C=O) groups excluding carboxylic acids is 1. The van der Waals surface area contributed by atoms with Gasteiger partial charge in [0.1, 0.15) is 5.82 Å². The molecule has 0 saturated carbocycles. The standard InChI is InChI=1S/C22H15Cl2FN4OS/c23-15-8-6-14(7-9-15)21-27-28-22(29(21)17-4-2-1-3-5-17)31-13-20(30)26-16-10-11-19(25)18(24)12-16/h1-12H,13H2,(H,26,30). The van der Waals surface area contributed by atoms with Crippen LogP contribution >= 0.6 is 35.0 Å². The minimum Gasteiger partial charge on any atom is -0.325 e. The Morgan fingerprint density at radius 1 is 1.00 bits per heavy atom. The largest absolute Gasteiger partial charge is 0.325 e. The number of thioether (sulfide) groups is 1. The molecule has 1 N–H and O–H groups in total. The van der Waals surface area contributed by atoms with E-state index in [4.69, 9.17) is 23.2 Å². The average Bonchev–Trinajstić information content (AvgIpc) is 3.20. The molecule has 5 nitrogen and oxygen atoms in total. The lowest BCUT2D eigenvalue weighted by molar-refractivity contribution is -0.113. The van der Waals surface area contributed by atoms with E-state index in [1.54, 1.807) is 12.1 Å². The number of amides is 1. The highest BCUT2D eigenvalue weighted by Crippen LogP contribution is 2.29. The third kappa shape index (κ3) is 5.07. The smallest absolute Gasteiger partial charge is 0.234 e. The first-order valence-electron chi connectivity index (χ1n) is 9.16. The Balaban J connectivity index is 1.57. The van der Waals surface area contributed by atoms with Crippen LogP contribution in [0.5, 0.6) is 0 Å². The minimum absolute atomic E-state index is 0.0538. The fraction of sp³-hybridized carbons (Fsp3) is 0.0455. The van der Waals surface area contributed by atoms with Gasteiger partial charge in [0, 0.05) is 22.0 Å². The van der Waals surface area contributed by atoms with E-state index in [-0.39, 0.29) is 16.7 Å². The summed E-state index contributed by atoms with van der Waals surface area (Å²) >= 11 is 13.0. The van der Waals surface area contributed by atoms with Crippen molar-refractivity contribution < 1.29 is 9.18 Å². The van der Waals surface area contributed by atoms with E-state index in [1.165, 1.54) is 30.0 Å². The fourth-order valence-electron chi connectivity index (χ4n) is 2.86. The number of anilines is 1. The lowest BCUT2D eigenvalue weighted by atomic mass is 10.2. The highest BCUT2D eigenvalue weighted by Gasteiger charge is 2.17. The number of carbonyl (C=O) groups is 1. The second-order valence-corrected chi connectivity index (χ2v) is 8.24. The second-order valence-electron chi connectivity index (χ2n) is 6.45. The van der Waals surface area contributed by atoms with Gasteiger partial charge in [0.2, 0.25) is 5.91 Å². The van der Waals surface area contributed by atoms with Gasteiger partial charge in [0.05, 0.1) is 10.8 Å². The average molecular weight is 473 g/mol. The zero-order valence-corrected chi connectivity index (χ0v) is 18.3. The number of rotatable bonds is 6. The van der Waals surface area contributed by atoms with E-state index in [1.807, 2.05) is 47.0 Å². The van der Waals surface area contributed by atoms with E-state index < -0.39 is 5.82 Å². The van der Waals surface area contributed by atoms with Crippen molar-refractivity contribution in [3.63, 3.8) is 0 Å². The van der Waals surface area contributed by atoms with Gasteiger partial charge in [0.15, 0.2) is 11.0 Å². The van der Waals surface area contributed by atoms with Crippen molar-refractivity contribution in [2.24, 2.45) is 0 Å². The quantitative estimate of drug-likeness (QED) is 0.343. The van der Waals surface area contributed by atoms with Crippen molar-refractivity contribution in [3.05, 3.63) is 88.7 Å². The highest BCUT2D eigenvalue weighted by atomic mass is 35.5. The molecule has 0 spiro atoms. The van der Waals surface area contributed by atoms with Gasteiger partial charge >= 0.3 is 0 Å². The Morgan fingerprint density at radius 2 is 1.74 bits per heavy atom. The van der Waals surface area contributed by atoms with Crippen molar-refractivity contribution in [1.82, 2.24) is 14.8 Å². The molecular weight excluding hydrogens is 458 g/mol. The Hall–Kier alpha value is -2.87. The van der Waals surface area contributed by atoms with Gasteiger partial charge in [-0.15, -0.1) is 10.2 Å². The molecule has 0 aliphatic heterocycles. The first kappa shape index (κ1) is 21.4. The molecule has 31 heavy (non-hydrogen) atoms. The SMILES string of the molecule is O=C(CSc1nnc(-c2ccc(Cl)cc2)n1-c1ccccc1)Nc1ccc(F)c(Cl)c1. The van der Waals surface area contributed by atoms with E-state index >= 15 is 0 Å². The third-order valence-corrected chi connectivity index (χ3v) is 5.76. The maximum atomic E-state index is 13.3. The van der Waals surface area contributed by atoms with Gasteiger partial charge in [-0.05, 0) is 54.6 Å². The number of nitrogens with one attached hydrogen (secondary N) is 1. The fourth-order valence-corrected chi connectivity index (χ4v) is 3.92. The van der Waals surface area contributed by atoms with Crippen molar-refractivity contribution >= 4 is 46.6 Å². The van der Waals surface area contributed by atoms with Crippen LogP contribution < -0.4 is 5.32 Å². The summed E-state index contributed by atoms with van der Waals surface area (Å²) in [7, 11) is 0. The minimum atomic E-state index is -0.542. The highest BCUT2D eigenvalue weighted by molar-refractivity contribution is 7.99. The van der Waals surface area contributed by atoms with Gasteiger partial charge in [-0.1, -0.05) is 53.2 Å². The monoisotopic (exact) mass is 472 g/mol.